The van der Waals surface area contributed by atoms with Gasteiger partial charge in [0.15, 0.2) is 0 Å². The average Bonchev–Trinajstić information content (AvgIpc) is 2.48. The first kappa shape index (κ1) is 15.1. The monoisotopic (exact) mass is 288 g/mol. The number of unbranched alkanes of at least 4 members (excludes halogenated alkanes) is 1. The quantitative estimate of drug-likeness (QED) is 0.792. The Balaban J connectivity index is 1.91. The van der Waals surface area contributed by atoms with Crippen LogP contribution in [0.1, 0.15) is 25.3 Å². The molecule has 0 saturated heterocycles. The molecule has 0 radical (unpaired) electrons. The van der Waals surface area contributed by atoms with Gasteiger partial charge in [-0.3, -0.25) is 9.78 Å². The predicted octanol–water partition coefficient (Wildman–Crippen LogP) is 1.96. The van der Waals surface area contributed by atoms with E-state index in [1.807, 2.05) is 24.3 Å². The number of nitrogens with one attached hydrogen (secondary N) is 1. The maximum Gasteiger partial charge on any atom is 0.328 e. The molecule has 112 valence electrons. The average molecular weight is 288 g/mol. The summed E-state index contributed by atoms with van der Waals surface area (Å²) in [4.78, 5) is 24.8. The van der Waals surface area contributed by atoms with Gasteiger partial charge in [-0.15, -0.1) is 0 Å². The molecule has 0 atom stereocenters. The Labute approximate surface area is 123 Å². The van der Waals surface area contributed by atoms with Crippen LogP contribution < -0.4 is 16.0 Å². The van der Waals surface area contributed by atoms with Gasteiger partial charge in [0.1, 0.15) is 5.75 Å². The van der Waals surface area contributed by atoms with Crippen molar-refractivity contribution >= 4 is 0 Å². The summed E-state index contributed by atoms with van der Waals surface area (Å²) in [5.74, 6) is 0.869. The molecule has 0 saturated carbocycles. The van der Waals surface area contributed by atoms with Gasteiger partial charge in [0.05, 0.1) is 6.61 Å². The topological polar surface area (TPSA) is 64.1 Å². The van der Waals surface area contributed by atoms with Gasteiger partial charge in [0.25, 0.3) is 5.56 Å². The summed E-state index contributed by atoms with van der Waals surface area (Å²) in [5.41, 5.74) is 0.378. The molecular weight excluding hydrogens is 268 g/mol. The van der Waals surface area contributed by atoms with Crippen molar-refractivity contribution in [3.8, 4) is 5.75 Å². The number of ether oxygens (including phenoxy) is 1. The lowest BCUT2D eigenvalue weighted by atomic mass is 10.1. The fraction of sp³-hybridized carbons (Fsp3) is 0.375. The Morgan fingerprint density at radius 1 is 1.14 bits per heavy atom. The van der Waals surface area contributed by atoms with E-state index in [1.54, 1.807) is 0 Å². The lowest BCUT2D eigenvalue weighted by molar-refractivity contribution is 0.309. The molecule has 1 N–H and O–H groups in total. The largest absolute Gasteiger partial charge is 0.494 e. The van der Waals surface area contributed by atoms with Crippen LogP contribution in [0.3, 0.4) is 0 Å². The van der Waals surface area contributed by atoms with Gasteiger partial charge in [-0.1, -0.05) is 25.5 Å². The van der Waals surface area contributed by atoms with Gasteiger partial charge in [-0.25, -0.2) is 4.79 Å². The van der Waals surface area contributed by atoms with Crippen LogP contribution in [0.2, 0.25) is 0 Å². The summed E-state index contributed by atoms with van der Waals surface area (Å²) in [5, 5.41) is 0. The SMILES string of the molecule is CCCCOc1ccc(CCn2ccc(=O)[nH]c2=O)cc1. The van der Waals surface area contributed by atoms with E-state index in [0.29, 0.717) is 6.54 Å². The number of rotatable bonds is 7. The third-order valence-corrected chi connectivity index (χ3v) is 3.23. The number of aryl methyl sites for hydroxylation is 2. The molecule has 0 amide bonds. The summed E-state index contributed by atoms with van der Waals surface area (Å²) in [6.07, 6.45) is 4.41. The minimum absolute atomic E-state index is 0.371. The summed E-state index contributed by atoms with van der Waals surface area (Å²) in [7, 11) is 0. The maximum atomic E-state index is 11.5. The molecule has 0 fully saturated rings. The third-order valence-electron chi connectivity index (χ3n) is 3.23. The van der Waals surface area contributed by atoms with E-state index in [0.717, 1.165) is 37.2 Å². The summed E-state index contributed by atoms with van der Waals surface area (Å²) in [6, 6.07) is 9.24. The van der Waals surface area contributed by atoms with Crippen molar-refractivity contribution < 1.29 is 4.74 Å². The zero-order valence-electron chi connectivity index (χ0n) is 12.2. The minimum atomic E-state index is -0.373. The number of benzene rings is 1. The van der Waals surface area contributed by atoms with Crippen LogP contribution in [0.5, 0.6) is 5.75 Å². The Kier molecular flexibility index (Phi) is 5.37. The highest BCUT2D eigenvalue weighted by Gasteiger charge is 1.99. The van der Waals surface area contributed by atoms with Gasteiger partial charge in [0, 0.05) is 18.8 Å². The predicted molar refractivity (Wildman–Crippen MR) is 81.9 cm³/mol. The smallest absolute Gasteiger partial charge is 0.328 e. The fourth-order valence-electron chi connectivity index (χ4n) is 1.96. The van der Waals surface area contributed by atoms with E-state index in [4.69, 9.17) is 4.74 Å². The Bertz CT molecular complexity index is 671. The Morgan fingerprint density at radius 2 is 1.90 bits per heavy atom. The summed E-state index contributed by atoms with van der Waals surface area (Å²) < 4.78 is 7.09. The fourth-order valence-corrected chi connectivity index (χ4v) is 1.96. The molecule has 0 spiro atoms. The van der Waals surface area contributed by atoms with Crippen LogP contribution in [0, 0.1) is 0 Å². The first-order valence-electron chi connectivity index (χ1n) is 7.20. The molecule has 0 aliphatic heterocycles. The molecule has 1 aromatic heterocycles. The van der Waals surface area contributed by atoms with E-state index in [9.17, 15) is 9.59 Å². The van der Waals surface area contributed by atoms with Crippen molar-refractivity contribution in [2.45, 2.75) is 32.7 Å². The van der Waals surface area contributed by atoms with Gasteiger partial charge in [0.2, 0.25) is 0 Å². The van der Waals surface area contributed by atoms with Gasteiger partial charge in [-0.2, -0.15) is 0 Å². The van der Waals surface area contributed by atoms with E-state index >= 15 is 0 Å². The lowest BCUT2D eigenvalue weighted by Crippen LogP contribution is -2.29. The molecule has 5 heteroatoms. The van der Waals surface area contributed by atoms with Gasteiger partial charge in [-0.05, 0) is 30.5 Å². The van der Waals surface area contributed by atoms with Crippen molar-refractivity contribution in [1.29, 1.82) is 0 Å². The van der Waals surface area contributed by atoms with Crippen LogP contribution in [-0.2, 0) is 13.0 Å². The first-order chi connectivity index (χ1) is 10.2. The van der Waals surface area contributed by atoms with E-state index < -0.39 is 0 Å². The maximum absolute atomic E-state index is 11.5. The lowest BCUT2D eigenvalue weighted by Gasteiger charge is -2.07. The first-order valence-corrected chi connectivity index (χ1v) is 7.20. The Hall–Kier alpha value is -2.30. The second-order valence-corrected chi connectivity index (χ2v) is 4.90. The number of hydrogen-bond acceptors (Lipinski definition) is 3. The molecule has 0 aliphatic rings. The molecule has 0 aliphatic carbocycles. The standard InChI is InChI=1S/C16H20N2O3/c1-2-3-12-21-14-6-4-13(5-7-14)8-10-18-11-9-15(19)17-16(18)20/h4-7,9,11H,2-3,8,10,12H2,1H3,(H,17,19,20). The number of hydrogen-bond donors (Lipinski definition) is 1. The normalized spacial score (nSPS) is 10.5. The molecule has 21 heavy (non-hydrogen) atoms. The highest BCUT2D eigenvalue weighted by molar-refractivity contribution is 5.27. The number of nitrogens with zero attached hydrogens (tertiary/aromatic N) is 1. The van der Waals surface area contributed by atoms with Crippen LogP contribution in [0.25, 0.3) is 0 Å². The van der Waals surface area contributed by atoms with Gasteiger partial charge < -0.3 is 9.30 Å². The minimum Gasteiger partial charge on any atom is -0.494 e. The highest BCUT2D eigenvalue weighted by atomic mass is 16.5. The van der Waals surface area contributed by atoms with Crippen LogP contribution in [-0.4, -0.2) is 16.2 Å². The molecule has 1 heterocycles. The van der Waals surface area contributed by atoms with Crippen molar-refractivity contribution in [2.24, 2.45) is 0 Å². The highest BCUT2D eigenvalue weighted by Crippen LogP contribution is 2.13. The van der Waals surface area contributed by atoms with E-state index in [-0.39, 0.29) is 11.2 Å². The molecule has 2 rings (SSSR count). The van der Waals surface area contributed by atoms with Crippen LogP contribution in [0.15, 0.2) is 46.1 Å². The molecule has 0 bridgehead atoms. The molecule has 5 nitrogen and oxygen atoms in total. The van der Waals surface area contributed by atoms with Crippen LogP contribution in [0.4, 0.5) is 0 Å². The third kappa shape index (κ3) is 4.63. The van der Waals surface area contributed by atoms with Gasteiger partial charge >= 0.3 is 5.69 Å². The summed E-state index contributed by atoms with van der Waals surface area (Å²) in [6.45, 7) is 3.40. The van der Waals surface area contributed by atoms with Crippen molar-refractivity contribution in [3.05, 3.63) is 62.9 Å². The van der Waals surface area contributed by atoms with E-state index in [1.165, 1.54) is 16.8 Å². The summed E-state index contributed by atoms with van der Waals surface area (Å²) >= 11 is 0. The van der Waals surface area contributed by atoms with E-state index in [2.05, 4.69) is 11.9 Å². The number of aromatic nitrogens is 2. The van der Waals surface area contributed by atoms with Crippen molar-refractivity contribution in [3.63, 3.8) is 0 Å². The second kappa shape index (κ2) is 7.47. The van der Waals surface area contributed by atoms with Crippen LogP contribution >= 0.6 is 0 Å². The number of H-pyrrole nitrogens is 1. The zero-order valence-corrected chi connectivity index (χ0v) is 12.2. The van der Waals surface area contributed by atoms with Crippen molar-refractivity contribution in [2.75, 3.05) is 6.61 Å². The molecule has 0 unspecified atom stereocenters. The number of aromatic amines is 1. The molecular formula is C16H20N2O3. The zero-order chi connectivity index (χ0) is 15.1. The Morgan fingerprint density at radius 3 is 2.57 bits per heavy atom. The molecule has 2 aromatic rings. The molecule has 1 aromatic carbocycles. The second-order valence-electron chi connectivity index (χ2n) is 4.90. The van der Waals surface area contributed by atoms with Crippen molar-refractivity contribution in [1.82, 2.24) is 9.55 Å².